The van der Waals surface area contributed by atoms with Gasteiger partial charge in [-0.2, -0.15) is 0 Å². The summed E-state index contributed by atoms with van der Waals surface area (Å²) in [6.45, 7) is 0.334. The van der Waals surface area contributed by atoms with Gasteiger partial charge in [-0.1, -0.05) is 30.3 Å². The maximum absolute atomic E-state index is 12.5. The summed E-state index contributed by atoms with van der Waals surface area (Å²) < 4.78 is 10.7. The fourth-order valence-corrected chi connectivity index (χ4v) is 2.77. The molecule has 3 aromatic rings. The van der Waals surface area contributed by atoms with Crippen LogP contribution >= 0.6 is 0 Å². The van der Waals surface area contributed by atoms with E-state index in [4.69, 9.17) is 8.83 Å². The highest BCUT2D eigenvalue weighted by atomic mass is 16.3. The summed E-state index contributed by atoms with van der Waals surface area (Å²) in [6, 6.07) is 16.7. The molecule has 0 radical (unpaired) electrons. The van der Waals surface area contributed by atoms with E-state index in [0.717, 1.165) is 11.3 Å². The minimum Gasteiger partial charge on any atom is -0.467 e. The van der Waals surface area contributed by atoms with Crippen molar-refractivity contribution >= 4 is 11.8 Å². The van der Waals surface area contributed by atoms with Crippen molar-refractivity contribution in [2.24, 2.45) is 0 Å². The van der Waals surface area contributed by atoms with Gasteiger partial charge in [-0.05, 0) is 29.8 Å². The number of hydrogen-bond acceptors (Lipinski definition) is 5. The van der Waals surface area contributed by atoms with Gasteiger partial charge >= 0.3 is 0 Å². The van der Waals surface area contributed by atoms with Crippen LogP contribution in [-0.4, -0.2) is 36.9 Å². The summed E-state index contributed by atoms with van der Waals surface area (Å²) in [5.74, 6) is 0.935. The van der Waals surface area contributed by atoms with E-state index in [0.29, 0.717) is 12.3 Å². The van der Waals surface area contributed by atoms with Gasteiger partial charge in [0.05, 0.1) is 38.2 Å². The Hall–Kier alpha value is -3.32. The van der Waals surface area contributed by atoms with Crippen molar-refractivity contribution in [3.05, 3.63) is 84.2 Å². The molecule has 0 saturated heterocycles. The molecule has 0 aliphatic heterocycles. The molecule has 2 aromatic heterocycles. The lowest BCUT2D eigenvalue weighted by molar-refractivity contribution is -0.134. The van der Waals surface area contributed by atoms with Gasteiger partial charge in [0.15, 0.2) is 0 Å². The van der Waals surface area contributed by atoms with Gasteiger partial charge in [-0.3, -0.25) is 14.9 Å². The first kappa shape index (κ1) is 19.4. The summed E-state index contributed by atoms with van der Waals surface area (Å²) in [7, 11) is 1.60. The van der Waals surface area contributed by atoms with E-state index in [2.05, 4.69) is 10.6 Å². The first-order valence-corrected chi connectivity index (χ1v) is 8.98. The van der Waals surface area contributed by atoms with E-state index in [1.807, 2.05) is 42.5 Å². The molecule has 2 N–H and O–H groups in total. The van der Waals surface area contributed by atoms with Crippen LogP contribution in [-0.2, 0) is 16.1 Å². The van der Waals surface area contributed by atoms with E-state index >= 15 is 0 Å². The van der Waals surface area contributed by atoms with Crippen LogP contribution in [0, 0.1) is 0 Å². The van der Waals surface area contributed by atoms with Crippen molar-refractivity contribution in [2.75, 3.05) is 20.1 Å². The molecule has 28 heavy (non-hydrogen) atoms. The molecule has 1 aromatic carbocycles. The molecule has 0 aliphatic carbocycles. The maximum Gasteiger partial charge on any atom is 0.239 e. The van der Waals surface area contributed by atoms with E-state index in [1.165, 1.54) is 4.90 Å². The fraction of sp³-hybridized carbons (Fsp3) is 0.238. The molecule has 0 unspecified atom stereocenters. The quantitative estimate of drug-likeness (QED) is 0.594. The van der Waals surface area contributed by atoms with Crippen molar-refractivity contribution in [2.45, 2.75) is 12.6 Å². The van der Waals surface area contributed by atoms with Crippen LogP contribution in [0.3, 0.4) is 0 Å². The van der Waals surface area contributed by atoms with Gasteiger partial charge in [0.2, 0.25) is 11.8 Å². The van der Waals surface area contributed by atoms with E-state index in [9.17, 15) is 9.59 Å². The lowest BCUT2D eigenvalue weighted by Crippen LogP contribution is -2.42. The molecule has 146 valence electrons. The third-order valence-corrected chi connectivity index (χ3v) is 4.26. The van der Waals surface area contributed by atoms with Crippen molar-refractivity contribution in [1.82, 2.24) is 15.5 Å². The Morgan fingerprint density at radius 2 is 1.75 bits per heavy atom. The number of carbonyl (C=O) groups excluding carboxylic acids is 2. The van der Waals surface area contributed by atoms with Gasteiger partial charge in [0, 0.05) is 7.05 Å². The van der Waals surface area contributed by atoms with Gasteiger partial charge in [-0.25, -0.2) is 0 Å². The topological polar surface area (TPSA) is 87.7 Å². The standard InChI is InChI=1S/C21H23N3O4/c1-24(15-19(25)22-13-17-9-5-11-27-17)20(26)14-23-21(18-10-6-12-28-18)16-7-3-2-4-8-16/h2-12,21,23H,13-15H2,1H3,(H,22,25)/t21-/m1/s1. The third-order valence-electron chi connectivity index (χ3n) is 4.26. The largest absolute Gasteiger partial charge is 0.467 e. The van der Waals surface area contributed by atoms with Crippen LogP contribution < -0.4 is 10.6 Å². The maximum atomic E-state index is 12.5. The Kier molecular flexibility index (Phi) is 6.64. The molecule has 0 bridgehead atoms. The molecule has 1 atom stereocenters. The van der Waals surface area contributed by atoms with Gasteiger partial charge < -0.3 is 19.1 Å². The van der Waals surface area contributed by atoms with Crippen LogP contribution in [0.4, 0.5) is 0 Å². The highest BCUT2D eigenvalue weighted by molar-refractivity contribution is 5.85. The number of benzene rings is 1. The summed E-state index contributed by atoms with van der Waals surface area (Å²) >= 11 is 0. The minimum absolute atomic E-state index is 0.0298. The molecular formula is C21H23N3O4. The summed E-state index contributed by atoms with van der Waals surface area (Å²) in [5, 5.41) is 5.94. The number of hydrogen-bond donors (Lipinski definition) is 2. The average Bonchev–Trinajstić information content (AvgIpc) is 3.41. The second-order valence-corrected chi connectivity index (χ2v) is 6.35. The Balaban J connectivity index is 1.51. The third kappa shape index (κ3) is 5.34. The van der Waals surface area contributed by atoms with Gasteiger partial charge in [-0.15, -0.1) is 0 Å². The molecule has 7 nitrogen and oxygen atoms in total. The lowest BCUT2D eigenvalue weighted by Gasteiger charge is -2.20. The number of carbonyl (C=O) groups is 2. The number of furan rings is 2. The second kappa shape index (κ2) is 9.57. The van der Waals surface area contributed by atoms with Gasteiger partial charge in [0.1, 0.15) is 11.5 Å². The Labute approximate surface area is 163 Å². The lowest BCUT2D eigenvalue weighted by atomic mass is 10.0. The Bertz CT molecular complexity index is 860. The molecule has 0 aliphatic rings. The van der Waals surface area contributed by atoms with Crippen molar-refractivity contribution in [3.63, 3.8) is 0 Å². The molecule has 2 heterocycles. The summed E-state index contributed by atoms with van der Waals surface area (Å²) in [4.78, 5) is 25.9. The number of amides is 2. The van der Waals surface area contributed by atoms with E-state index in [-0.39, 0.29) is 30.9 Å². The van der Waals surface area contributed by atoms with Crippen LogP contribution in [0.15, 0.2) is 76.0 Å². The molecular weight excluding hydrogens is 358 g/mol. The van der Waals surface area contributed by atoms with Gasteiger partial charge in [0.25, 0.3) is 0 Å². The number of nitrogens with one attached hydrogen (secondary N) is 2. The zero-order valence-electron chi connectivity index (χ0n) is 15.6. The van der Waals surface area contributed by atoms with E-state index < -0.39 is 0 Å². The SMILES string of the molecule is CN(CC(=O)NCc1ccco1)C(=O)CN[C@H](c1ccccc1)c1ccco1. The zero-order valence-corrected chi connectivity index (χ0v) is 15.6. The number of nitrogens with zero attached hydrogens (tertiary/aromatic N) is 1. The highest BCUT2D eigenvalue weighted by Gasteiger charge is 2.19. The number of rotatable bonds is 9. The Morgan fingerprint density at radius 1 is 1.00 bits per heavy atom. The number of likely N-dealkylation sites (N-methyl/N-ethyl adjacent to an activating group) is 1. The highest BCUT2D eigenvalue weighted by Crippen LogP contribution is 2.22. The van der Waals surface area contributed by atoms with Crippen LogP contribution in [0.1, 0.15) is 23.1 Å². The average molecular weight is 381 g/mol. The van der Waals surface area contributed by atoms with Crippen molar-refractivity contribution < 1.29 is 18.4 Å². The van der Waals surface area contributed by atoms with Crippen molar-refractivity contribution in [1.29, 1.82) is 0 Å². The first-order chi connectivity index (χ1) is 13.6. The van der Waals surface area contributed by atoms with Crippen LogP contribution in [0.2, 0.25) is 0 Å². The van der Waals surface area contributed by atoms with Crippen molar-refractivity contribution in [3.8, 4) is 0 Å². The smallest absolute Gasteiger partial charge is 0.239 e. The molecule has 2 amide bonds. The molecule has 0 saturated carbocycles. The minimum atomic E-state index is -0.252. The predicted molar refractivity (Wildman–Crippen MR) is 103 cm³/mol. The first-order valence-electron chi connectivity index (χ1n) is 8.98. The molecule has 0 fully saturated rings. The monoisotopic (exact) mass is 381 g/mol. The van der Waals surface area contributed by atoms with Crippen LogP contribution in [0.25, 0.3) is 0 Å². The fourth-order valence-electron chi connectivity index (χ4n) is 2.77. The predicted octanol–water partition coefficient (Wildman–Crippen LogP) is 2.33. The zero-order chi connectivity index (χ0) is 19.8. The molecule has 3 rings (SSSR count). The Morgan fingerprint density at radius 3 is 2.43 bits per heavy atom. The second-order valence-electron chi connectivity index (χ2n) is 6.35. The van der Waals surface area contributed by atoms with Crippen LogP contribution in [0.5, 0.6) is 0 Å². The summed E-state index contributed by atoms with van der Waals surface area (Å²) in [6.07, 6.45) is 3.15. The molecule has 7 heteroatoms. The molecule has 0 spiro atoms. The normalized spacial score (nSPS) is 11.8. The van der Waals surface area contributed by atoms with E-state index in [1.54, 1.807) is 31.7 Å². The summed E-state index contributed by atoms with van der Waals surface area (Å²) in [5.41, 5.74) is 0.990.